The van der Waals surface area contributed by atoms with E-state index in [1.165, 1.54) is 19.3 Å². The van der Waals surface area contributed by atoms with E-state index in [0.29, 0.717) is 38.1 Å². The van der Waals surface area contributed by atoms with Gasteiger partial charge in [-0.3, -0.25) is 9.59 Å². The molecule has 0 aliphatic carbocycles. The van der Waals surface area contributed by atoms with E-state index >= 15 is 0 Å². The molecule has 0 aromatic heterocycles. The lowest BCUT2D eigenvalue weighted by Gasteiger charge is -2.31. The van der Waals surface area contributed by atoms with Crippen LogP contribution in [0.25, 0.3) is 0 Å². The van der Waals surface area contributed by atoms with Crippen LogP contribution in [0, 0.1) is 5.92 Å². The first-order chi connectivity index (χ1) is 11.7. The Balaban J connectivity index is 1.67. The standard InChI is InChI=1S/C20H29NO3/c1-2-3-4-5-9-16-24-20(23)18-12-14-21(15-13-18)19(22)17-10-7-6-8-11-17/h6-8,10-11,18H,2-5,9,12-16H2,1H3. The van der Waals surface area contributed by atoms with Gasteiger partial charge in [-0.05, 0) is 31.4 Å². The molecule has 2 rings (SSSR count). The summed E-state index contributed by atoms with van der Waals surface area (Å²) in [5.74, 6) is -0.0869. The van der Waals surface area contributed by atoms with E-state index < -0.39 is 0 Å². The van der Waals surface area contributed by atoms with Crippen molar-refractivity contribution in [2.75, 3.05) is 19.7 Å². The van der Waals surface area contributed by atoms with Crippen molar-refractivity contribution < 1.29 is 14.3 Å². The number of unbranched alkanes of at least 4 members (excludes halogenated alkanes) is 4. The molecule has 1 amide bonds. The summed E-state index contributed by atoms with van der Waals surface area (Å²) >= 11 is 0. The number of amides is 1. The number of hydrogen-bond donors (Lipinski definition) is 0. The van der Waals surface area contributed by atoms with Gasteiger partial charge < -0.3 is 9.64 Å². The van der Waals surface area contributed by atoms with Gasteiger partial charge in [0.15, 0.2) is 0 Å². The van der Waals surface area contributed by atoms with Crippen LogP contribution >= 0.6 is 0 Å². The van der Waals surface area contributed by atoms with E-state index in [0.717, 1.165) is 12.8 Å². The molecule has 1 aliphatic rings. The van der Waals surface area contributed by atoms with Crippen molar-refractivity contribution in [3.8, 4) is 0 Å². The van der Waals surface area contributed by atoms with Gasteiger partial charge in [0.25, 0.3) is 5.91 Å². The Kier molecular flexibility index (Phi) is 7.80. The number of carbonyl (C=O) groups is 2. The number of benzene rings is 1. The van der Waals surface area contributed by atoms with Crippen LogP contribution in [0.4, 0.5) is 0 Å². The molecule has 0 unspecified atom stereocenters. The van der Waals surface area contributed by atoms with Crippen molar-refractivity contribution in [3.05, 3.63) is 35.9 Å². The maximum absolute atomic E-state index is 12.4. The molecule has 4 heteroatoms. The molecule has 0 N–H and O–H groups in total. The molecule has 132 valence electrons. The average molecular weight is 331 g/mol. The summed E-state index contributed by atoms with van der Waals surface area (Å²) in [6.45, 7) is 3.98. The van der Waals surface area contributed by atoms with Crippen molar-refractivity contribution in [2.24, 2.45) is 5.92 Å². The first-order valence-corrected chi connectivity index (χ1v) is 9.23. The van der Waals surface area contributed by atoms with Crippen LogP contribution < -0.4 is 0 Å². The number of likely N-dealkylation sites (tertiary alicyclic amines) is 1. The van der Waals surface area contributed by atoms with Crippen molar-refractivity contribution in [3.63, 3.8) is 0 Å². The lowest BCUT2D eigenvalue weighted by molar-refractivity contribution is -0.150. The topological polar surface area (TPSA) is 46.6 Å². The number of rotatable bonds is 8. The largest absolute Gasteiger partial charge is 0.465 e. The Morgan fingerprint density at radius 3 is 2.38 bits per heavy atom. The third-order valence-electron chi connectivity index (χ3n) is 4.63. The van der Waals surface area contributed by atoms with Crippen LogP contribution in [-0.4, -0.2) is 36.5 Å². The SMILES string of the molecule is CCCCCCCOC(=O)C1CCN(C(=O)c2ccccc2)CC1. The van der Waals surface area contributed by atoms with Crippen LogP contribution in [0.5, 0.6) is 0 Å². The van der Waals surface area contributed by atoms with Crippen molar-refractivity contribution >= 4 is 11.9 Å². The van der Waals surface area contributed by atoms with Crippen LogP contribution in [-0.2, 0) is 9.53 Å². The fraction of sp³-hybridized carbons (Fsp3) is 0.600. The molecule has 0 atom stereocenters. The highest BCUT2D eigenvalue weighted by Gasteiger charge is 2.28. The molecule has 0 saturated carbocycles. The van der Waals surface area contributed by atoms with Gasteiger partial charge in [-0.15, -0.1) is 0 Å². The summed E-state index contributed by atoms with van der Waals surface area (Å²) in [5.41, 5.74) is 0.714. The van der Waals surface area contributed by atoms with Gasteiger partial charge in [0.2, 0.25) is 0 Å². The maximum Gasteiger partial charge on any atom is 0.309 e. The predicted octanol–water partition coefficient (Wildman–Crippen LogP) is 4.05. The summed E-state index contributed by atoms with van der Waals surface area (Å²) in [6.07, 6.45) is 7.18. The van der Waals surface area contributed by atoms with Gasteiger partial charge in [0.1, 0.15) is 0 Å². The van der Waals surface area contributed by atoms with Crippen LogP contribution in [0.15, 0.2) is 30.3 Å². The molecule has 4 nitrogen and oxygen atoms in total. The molecule has 1 aliphatic heterocycles. The normalized spacial score (nSPS) is 15.3. The summed E-state index contributed by atoms with van der Waals surface area (Å²) in [6, 6.07) is 9.32. The van der Waals surface area contributed by atoms with Gasteiger partial charge >= 0.3 is 5.97 Å². The zero-order valence-corrected chi connectivity index (χ0v) is 14.7. The molecule has 0 radical (unpaired) electrons. The molecule has 0 spiro atoms. The molecule has 0 bridgehead atoms. The Morgan fingerprint density at radius 2 is 1.71 bits per heavy atom. The Morgan fingerprint density at radius 1 is 1.04 bits per heavy atom. The Labute approximate surface area is 145 Å². The molecule has 1 aromatic rings. The zero-order valence-electron chi connectivity index (χ0n) is 14.7. The Bertz CT molecular complexity index is 507. The number of nitrogens with zero attached hydrogens (tertiary/aromatic N) is 1. The Hall–Kier alpha value is -1.84. The number of piperidine rings is 1. The van der Waals surface area contributed by atoms with Gasteiger partial charge in [-0.2, -0.15) is 0 Å². The fourth-order valence-electron chi connectivity index (χ4n) is 3.08. The maximum atomic E-state index is 12.4. The van der Waals surface area contributed by atoms with Crippen molar-refractivity contribution in [1.82, 2.24) is 4.90 Å². The van der Waals surface area contributed by atoms with E-state index in [1.54, 1.807) is 0 Å². The van der Waals surface area contributed by atoms with E-state index in [1.807, 2.05) is 35.2 Å². The lowest BCUT2D eigenvalue weighted by atomic mass is 9.96. The highest BCUT2D eigenvalue weighted by Crippen LogP contribution is 2.20. The third kappa shape index (κ3) is 5.66. The number of hydrogen-bond acceptors (Lipinski definition) is 3. The zero-order chi connectivity index (χ0) is 17.2. The highest BCUT2D eigenvalue weighted by atomic mass is 16.5. The number of carbonyl (C=O) groups excluding carboxylic acids is 2. The molecule has 1 fully saturated rings. The molecule has 1 aromatic carbocycles. The molecular weight excluding hydrogens is 302 g/mol. The molecular formula is C20H29NO3. The molecule has 1 heterocycles. The second-order valence-corrected chi connectivity index (χ2v) is 6.51. The minimum absolute atomic E-state index is 0.0540. The summed E-state index contributed by atoms with van der Waals surface area (Å²) < 4.78 is 5.40. The second-order valence-electron chi connectivity index (χ2n) is 6.51. The van der Waals surface area contributed by atoms with Gasteiger partial charge in [0, 0.05) is 18.7 Å². The number of ether oxygens (including phenoxy) is 1. The summed E-state index contributed by atoms with van der Waals surface area (Å²) in [7, 11) is 0. The number of esters is 1. The van der Waals surface area contributed by atoms with E-state index in [-0.39, 0.29) is 17.8 Å². The quantitative estimate of drug-likeness (QED) is 0.533. The van der Waals surface area contributed by atoms with Gasteiger partial charge in [-0.25, -0.2) is 0 Å². The van der Waals surface area contributed by atoms with E-state index in [9.17, 15) is 9.59 Å². The molecule has 24 heavy (non-hydrogen) atoms. The highest BCUT2D eigenvalue weighted by molar-refractivity contribution is 5.94. The predicted molar refractivity (Wildman–Crippen MR) is 94.8 cm³/mol. The van der Waals surface area contributed by atoms with Crippen LogP contribution in [0.1, 0.15) is 62.2 Å². The lowest BCUT2D eigenvalue weighted by Crippen LogP contribution is -2.40. The first-order valence-electron chi connectivity index (χ1n) is 9.23. The average Bonchev–Trinajstić information content (AvgIpc) is 2.64. The van der Waals surface area contributed by atoms with Gasteiger partial charge in [0.05, 0.1) is 12.5 Å². The van der Waals surface area contributed by atoms with Crippen molar-refractivity contribution in [1.29, 1.82) is 0 Å². The minimum atomic E-state index is -0.0858. The van der Waals surface area contributed by atoms with Gasteiger partial charge in [-0.1, -0.05) is 50.8 Å². The van der Waals surface area contributed by atoms with Crippen LogP contribution in [0.3, 0.4) is 0 Å². The summed E-state index contributed by atoms with van der Waals surface area (Å²) in [5, 5.41) is 0. The summed E-state index contributed by atoms with van der Waals surface area (Å²) in [4.78, 5) is 26.3. The third-order valence-corrected chi connectivity index (χ3v) is 4.63. The first kappa shape index (κ1) is 18.5. The van der Waals surface area contributed by atoms with Crippen molar-refractivity contribution in [2.45, 2.75) is 51.9 Å². The smallest absolute Gasteiger partial charge is 0.309 e. The van der Waals surface area contributed by atoms with E-state index in [4.69, 9.17) is 4.74 Å². The van der Waals surface area contributed by atoms with E-state index in [2.05, 4.69) is 6.92 Å². The molecule has 1 saturated heterocycles. The minimum Gasteiger partial charge on any atom is -0.465 e. The van der Waals surface area contributed by atoms with Crippen LogP contribution in [0.2, 0.25) is 0 Å². The second kappa shape index (κ2) is 10.1. The fourth-order valence-corrected chi connectivity index (χ4v) is 3.08. The monoisotopic (exact) mass is 331 g/mol.